The molecule has 0 radical (unpaired) electrons. The molecule has 12 heavy (non-hydrogen) atoms. The minimum atomic E-state index is 0.834. The van der Waals surface area contributed by atoms with Crippen LogP contribution in [0.15, 0.2) is 18.5 Å². The summed E-state index contributed by atoms with van der Waals surface area (Å²) in [6, 6.07) is 1.89. The Morgan fingerprint density at radius 2 is 2.50 bits per heavy atom. The number of hydrogen-bond donors (Lipinski definition) is 0. The summed E-state index contributed by atoms with van der Waals surface area (Å²) in [5.41, 5.74) is 2.20. The molecule has 3 heteroatoms. The molecule has 0 saturated heterocycles. The third kappa shape index (κ3) is 1.07. The van der Waals surface area contributed by atoms with Gasteiger partial charge in [0.1, 0.15) is 0 Å². The summed E-state index contributed by atoms with van der Waals surface area (Å²) < 4.78 is 0. The topological polar surface area (TPSA) is 33.2 Å². The Labute approximate surface area is 71.0 Å². The van der Waals surface area contributed by atoms with E-state index >= 15 is 0 Å². The standard InChI is InChI=1S/C9H10N2O/c12-7-11-5-1-2-8-6-10-4-3-9(8)11/h3-4,6-7H,1-2,5H2. The van der Waals surface area contributed by atoms with Gasteiger partial charge in [0.2, 0.25) is 6.41 Å². The van der Waals surface area contributed by atoms with Crippen molar-refractivity contribution >= 4 is 12.1 Å². The highest BCUT2D eigenvalue weighted by Gasteiger charge is 2.14. The fourth-order valence-electron chi connectivity index (χ4n) is 1.56. The molecule has 2 heterocycles. The van der Waals surface area contributed by atoms with Crippen LogP contribution < -0.4 is 4.90 Å². The number of amides is 1. The molecule has 0 bridgehead atoms. The van der Waals surface area contributed by atoms with Gasteiger partial charge in [0.05, 0.1) is 0 Å². The summed E-state index contributed by atoms with van der Waals surface area (Å²) in [6.07, 6.45) is 6.52. The van der Waals surface area contributed by atoms with Crippen LogP contribution in [-0.4, -0.2) is 17.9 Å². The van der Waals surface area contributed by atoms with E-state index in [2.05, 4.69) is 4.98 Å². The van der Waals surface area contributed by atoms with Crippen LogP contribution in [0.1, 0.15) is 12.0 Å². The van der Waals surface area contributed by atoms with Gasteiger partial charge in [0.15, 0.2) is 0 Å². The Balaban J connectivity index is 2.43. The van der Waals surface area contributed by atoms with E-state index in [9.17, 15) is 4.79 Å². The Morgan fingerprint density at radius 1 is 1.58 bits per heavy atom. The highest BCUT2D eigenvalue weighted by Crippen LogP contribution is 2.23. The normalized spacial score (nSPS) is 15.5. The van der Waals surface area contributed by atoms with Crippen LogP contribution in [-0.2, 0) is 11.2 Å². The first-order valence-electron chi connectivity index (χ1n) is 4.06. The lowest BCUT2D eigenvalue weighted by Gasteiger charge is -2.24. The lowest BCUT2D eigenvalue weighted by Crippen LogP contribution is -2.27. The molecule has 3 nitrogen and oxygen atoms in total. The fourth-order valence-corrected chi connectivity index (χ4v) is 1.56. The molecule has 1 aromatic rings. The van der Waals surface area contributed by atoms with Gasteiger partial charge in [-0.15, -0.1) is 0 Å². The minimum absolute atomic E-state index is 0.834. The molecule has 2 rings (SSSR count). The SMILES string of the molecule is O=CN1CCCc2cnccc21. The van der Waals surface area contributed by atoms with Crippen molar-refractivity contribution < 1.29 is 4.79 Å². The zero-order valence-corrected chi connectivity index (χ0v) is 6.73. The maximum absolute atomic E-state index is 10.6. The van der Waals surface area contributed by atoms with Crippen molar-refractivity contribution in [3.8, 4) is 0 Å². The summed E-state index contributed by atoms with van der Waals surface area (Å²) >= 11 is 0. The van der Waals surface area contributed by atoms with E-state index in [-0.39, 0.29) is 0 Å². The van der Waals surface area contributed by atoms with Crippen LogP contribution >= 0.6 is 0 Å². The molecule has 0 atom stereocenters. The molecule has 1 aromatic heterocycles. The number of nitrogens with zero attached hydrogens (tertiary/aromatic N) is 2. The van der Waals surface area contributed by atoms with E-state index in [1.807, 2.05) is 12.3 Å². The van der Waals surface area contributed by atoms with Crippen molar-refractivity contribution in [2.75, 3.05) is 11.4 Å². The Bertz CT molecular complexity index is 298. The Morgan fingerprint density at radius 3 is 3.33 bits per heavy atom. The third-order valence-corrected chi connectivity index (χ3v) is 2.16. The third-order valence-electron chi connectivity index (χ3n) is 2.16. The molecule has 1 aliphatic rings. The van der Waals surface area contributed by atoms with Crippen LogP contribution in [0.3, 0.4) is 0 Å². The number of aryl methyl sites for hydroxylation is 1. The molecule has 0 fully saturated rings. The quantitative estimate of drug-likeness (QED) is 0.577. The van der Waals surface area contributed by atoms with Crippen LogP contribution in [0.4, 0.5) is 5.69 Å². The largest absolute Gasteiger partial charge is 0.315 e. The predicted molar refractivity (Wildman–Crippen MR) is 46.0 cm³/mol. The molecule has 0 aliphatic carbocycles. The first-order valence-corrected chi connectivity index (χ1v) is 4.06. The van der Waals surface area contributed by atoms with Crippen LogP contribution in [0.5, 0.6) is 0 Å². The fraction of sp³-hybridized carbons (Fsp3) is 0.333. The van der Waals surface area contributed by atoms with Crippen LogP contribution in [0.2, 0.25) is 0 Å². The van der Waals surface area contributed by atoms with Crippen molar-refractivity contribution in [2.24, 2.45) is 0 Å². The van der Waals surface area contributed by atoms with Crippen molar-refractivity contribution in [2.45, 2.75) is 12.8 Å². The van der Waals surface area contributed by atoms with E-state index in [1.165, 1.54) is 5.56 Å². The Hall–Kier alpha value is -1.38. The molecule has 0 N–H and O–H groups in total. The zero-order chi connectivity index (χ0) is 8.39. The summed E-state index contributed by atoms with van der Waals surface area (Å²) in [5, 5.41) is 0. The van der Waals surface area contributed by atoms with E-state index in [4.69, 9.17) is 0 Å². The second-order valence-electron chi connectivity index (χ2n) is 2.91. The summed E-state index contributed by atoms with van der Waals surface area (Å²) in [7, 11) is 0. The number of hydrogen-bond acceptors (Lipinski definition) is 2. The molecule has 1 amide bonds. The number of carbonyl (C=O) groups is 1. The predicted octanol–water partition coefficient (Wildman–Crippen LogP) is 0.991. The number of carbonyl (C=O) groups excluding carboxylic acids is 1. The average Bonchev–Trinajstić information content (AvgIpc) is 2.17. The van der Waals surface area contributed by atoms with E-state index in [1.54, 1.807) is 11.1 Å². The van der Waals surface area contributed by atoms with Gasteiger partial charge < -0.3 is 4.90 Å². The monoisotopic (exact) mass is 162 g/mol. The van der Waals surface area contributed by atoms with Crippen molar-refractivity contribution in [1.29, 1.82) is 0 Å². The van der Waals surface area contributed by atoms with E-state index in [0.29, 0.717) is 0 Å². The maximum atomic E-state index is 10.6. The van der Waals surface area contributed by atoms with Gasteiger partial charge in [-0.25, -0.2) is 0 Å². The smallest absolute Gasteiger partial charge is 0.214 e. The lowest BCUT2D eigenvalue weighted by molar-refractivity contribution is -0.107. The molecule has 1 aliphatic heterocycles. The first-order chi connectivity index (χ1) is 5.92. The highest BCUT2D eigenvalue weighted by molar-refractivity contribution is 5.77. The van der Waals surface area contributed by atoms with Crippen molar-refractivity contribution in [3.63, 3.8) is 0 Å². The van der Waals surface area contributed by atoms with Crippen molar-refractivity contribution in [3.05, 3.63) is 24.0 Å². The van der Waals surface area contributed by atoms with E-state index in [0.717, 1.165) is 31.5 Å². The maximum Gasteiger partial charge on any atom is 0.214 e. The molecule has 0 unspecified atom stereocenters. The Kier molecular flexibility index (Phi) is 1.78. The van der Waals surface area contributed by atoms with Gasteiger partial charge in [0, 0.05) is 24.6 Å². The first kappa shape index (κ1) is 7.28. The number of fused-ring (bicyclic) bond motifs is 1. The molecule has 0 spiro atoms. The number of pyridine rings is 1. The molecule has 0 saturated carbocycles. The molecular weight excluding hydrogens is 152 g/mol. The molecule has 0 aromatic carbocycles. The summed E-state index contributed by atoms with van der Waals surface area (Å²) in [5.74, 6) is 0. The number of anilines is 1. The van der Waals surface area contributed by atoms with Gasteiger partial charge in [-0.2, -0.15) is 0 Å². The van der Waals surface area contributed by atoms with E-state index < -0.39 is 0 Å². The van der Waals surface area contributed by atoms with Gasteiger partial charge in [-0.1, -0.05) is 0 Å². The zero-order valence-electron chi connectivity index (χ0n) is 6.73. The second-order valence-corrected chi connectivity index (χ2v) is 2.91. The van der Waals surface area contributed by atoms with Gasteiger partial charge in [-0.05, 0) is 24.5 Å². The van der Waals surface area contributed by atoms with Crippen LogP contribution in [0.25, 0.3) is 0 Å². The number of aromatic nitrogens is 1. The second kappa shape index (κ2) is 2.93. The lowest BCUT2D eigenvalue weighted by atomic mass is 10.1. The molecule has 62 valence electrons. The van der Waals surface area contributed by atoms with Crippen molar-refractivity contribution in [1.82, 2.24) is 4.98 Å². The summed E-state index contributed by atoms with van der Waals surface area (Å²) in [4.78, 5) is 16.4. The average molecular weight is 162 g/mol. The van der Waals surface area contributed by atoms with Crippen LogP contribution in [0, 0.1) is 0 Å². The number of rotatable bonds is 1. The summed E-state index contributed by atoms with van der Waals surface area (Å²) in [6.45, 7) is 0.834. The van der Waals surface area contributed by atoms with Gasteiger partial charge >= 0.3 is 0 Å². The highest BCUT2D eigenvalue weighted by atomic mass is 16.1. The molecular formula is C9H10N2O. The minimum Gasteiger partial charge on any atom is -0.315 e. The van der Waals surface area contributed by atoms with Gasteiger partial charge in [0.25, 0.3) is 0 Å². The van der Waals surface area contributed by atoms with Gasteiger partial charge in [-0.3, -0.25) is 9.78 Å².